The third-order valence-corrected chi connectivity index (χ3v) is 4.22. The Morgan fingerprint density at radius 1 is 1.14 bits per heavy atom. The fraction of sp³-hybridized carbons (Fsp3) is 0.357. The highest BCUT2D eigenvalue weighted by atomic mass is 19.3. The third-order valence-electron chi connectivity index (χ3n) is 4.22. The Morgan fingerprint density at radius 2 is 1.90 bits per heavy atom. The van der Waals surface area contributed by atoms with E-state index in [0.29, 0.717) is 24.6 Å². The highest BCUT2D eigenvalue weighted by Gasteiger charge is 2.71. The van der Waals surface area contributed by atoms with Gasteiger partial charge in [0.15, 0.2) is 0 Å². The number of nitrogens with zero attached hydrogens (tertiary/aromatic N) is 4. The summed E-state index contributed by atoms with van der Waals surface area (Å²) in [5, 5.41) is 0. The van der Waals surface area contributed by atoms with Crippen LogP contribution in [0.2, 0.25) is 0 Å². The summed E-state index contributed by atoms with van der Waals surface area (Å²) in [6.07, 6.45) is 4.75. The van der Waals surface area contributed by atoms with E-state index in [0.717, 1.165) is 11.4 Å². The molecule has 5 nitrogen and oxygen atoms in total. The van der Waals surface area contributed by atoms with Crippen LogP contribution in [0.15, 0.2) is 30.7 Å². The van der Waals surface area contributed by atoms with Gasteiger partial charge in [-0.3, -0.25) is 4.98 Å². The second-order valence-electron chi connectivity index (χ2n) is 5.53. The zero-order chi connectivity index (χ0) is 14.6. The van der Waals surface area contributed by atoms with Crippen LogP contribution in [-0.2, 0) is 0 Å². The number of piperidine rings is 1. The Bertz CT molecular complexity index is 674. The minimum atomic E-state index is -2.46. The second kappa shape index (κ2) is 4.09. The molecule has 4 rings (SSSR count). The quantitative estimate of drug-likeness (QED) is 0.913. The van der Waals surface area contributed by atoms with Gasteiger partial charge in [-0.05, 0) is 12.1 Å². The lowest BCUT2D eigenvalue weighted by atomic mass is 10.2. The summed E-state index contributed by atoms with van der Waals surface area (Å²) < 4.78 is 26.4. The average molecular weight is 289 g/mol. The number of anilines is 2. The first-order chi connectivity index (χ1) is 10.1. The minimum absolute atomic E-state index is 0.346. The standard InChI is InChI=1S/C14H13F2N5/c15-14(16)9-6-21(7-10(9)14)13-2-1-8(3-19-13)11-4-18-5-12(17)20-11/h1-5,9-10H,6-7H2,(H2,17,20). The monoisotopic (exact) mass is 289 g/mol. The Labute approximate surface area is 119 Å². The van der Waals surface area contributed by atoms with Crippen molar-refractivity contribution >= 4 is 11.6 Å². The molecule has 0 amide bonds. The van der Waals surface area contributed by atoms with Crippen LogP contribution in [0, 0.1) is 11.8 Å². The van der Waals surface area contributed by atoms with Crippen molar-refractivity contribution < 1.29 is 8.78 Å². The summed E-state index contributed by atoms with van der Waals surface area (Å²) in [5.74, 6) is -2.40. The second-order valence-corrected chi connectivity index (χ2v) is 5.53. The maximum atomic E-state index is 13.2. The molecule has 7 heteroatoms. The van der Waals surface area contributed by atoms with Crippen molar-refractivity contribution in [3.63, 3.8) is 0 Å². The normalized spacial score (nSPS) is 25.7. The fourth-order valence-corrected chi connectivity index (χ4v) is 2.94. The number of hydrogen-bond donors (Lipinski definition) is 1. The summed E-state index contributed by atoms with van der Waals surface area (Å²) in [5.41, 5.74) is 7.04. The van der Waals surface area contributed by atoms with Gasteiger partial charge in [-0.2, -0.15) is 0 Å². The molecule has 2 aromatic heterocycles. The molecule has 2 aliphatic rings. The predicted octanol–water partition coefficient (Wildman–Crippen LogP) is 1.82. The fourth-order valence-electron chi connectivity index (χ4n) is 2.94. The van der Waals surface area contributed by atoms with Crippen molar-refractivity contribution in [2.45, 2.75) is 5.92 Å². The molecular weight excluding hydrogens is 276 g/mol. The van der Waals surface area contributed by atoms with Crippen LogP contribution in [0.3, 0.4) is 0 Å². The van der Waals surface area contributed by atoms with E-state index in [1.165, 1.54) is 6.20 Å². The zero-order valence-electron chi connectivity index (χ0n) is 11.1. The number of hydrogen-bond acceptors (Lipinski definition) is 5. The van der Waals surface area contributed by atoms with Crippen LogP contribution in [0.1, 0.15) is 0 Å². The van der Waals surface area contributed by atoms with Crippen LogP contribution < -0.4 is 10.6 Å². The molecule has 0 radical (unpaired) electrons. The number of alkyl halides is 2. The summed E-state index contributed by atoms with van der Waals surface area (Å²) >= 11 is 0. The maximum Gasteiger partial charge on any atom is 0.258 e. The molecule has 108 valence electrons. The first-order valence-electron chi connectivity index (χ1n) is 6.72. The maximum absolute atomic E-state index is 13.2. The van der Waals surface area contributed by atoms with Crippen molar-refractivity contribution in [1.82, 2.24) is 15.0 Å². The first-order valence-corrected chi connectivity index (χ1v) is 6.72. The lowest BCUT2D eigenvalue weighted by Crippen LogP contribution is -2.27. The molecule has 1 aliphatic carbocycles. The molecule has 2 N–H and O–H groups in total. The van der Waals surface area contributed by atoms with Gasteiger partial charge >= 0.3 is 0 Å². The van der Waals surface area contributed by atoms with Gasteiger partial charge in [0.2, 0.25) is 0 Å². The number of halogens is 2. The van der Waals surface area contributed by atoms with Gasteiger partial charge < -0.3 is 10.6 Å². The van der Waals surface area contributed by atoms with Gasteiger partial charge in [0.1, 0.15) is 11.6 Å². The number of nitrogens with two attached hydrogens (primary N) is 1. The number of pyridine rings is 1. The van der Waals surface area contributed by atoms with E-state index in [4.69, 9.17) is 5.73 Å². The van der Waals surface area contributed by atoms with Crippen molar-refractivity contribution in [3.05, 3.63) is 30.7 Å². The van der Waals surface area contributed by atoms with E-state index in [1.54, 1.807) is 12.4 Å². The van der Waals surface area contributed by atoms with Crippen molar-refractivity contribution in [2.24, 2.45) is 11.8 Å². The lowest BCUT2D eigenvalue weighted by molar-refractivity contribution is 0.0797. The largest absolute Gasteiger partial charge is 0.382 e. The third kappa shape index (κ3) is 1.91. The molecule has 0 aromatic carbocycles. The Balaban J connectivity index is 1.53. The molecule has 2 aromatic rings. The Kier molecular flexibility index (Phi) is 2.42. The highest BCUT2D eigenvalue weighted by Crippen LogP contribution is 2.59. The number of nitrogen functional groups attached to an aromatic ring is 1. The van der Waals surface area contributed by atoms with E-state index in [9.17, 15) is 8.78 Å². The molecule has 0 spiro atoms. The molecule has 2 fully saturated rings. The highest BCUT2D eigenvalue weighted by molar-refractivity contribution is 5.60. The van der Waals surface area contributed by atoms with Gasteiger partial charge in [-0.25, -0.2) is 18.7 Å². The summed E-state index contributed by atoms with van der Waals surface area (Å²) in [6, 6.07) is 3.68. The molecule has 1 aliphatic heterocycles. The molecule has 2 atom stereocenters. The van der Waals surface area contributed by atoms with E-state index in [-0.39, 0.29) is 0 Å². The Morgan fingerprint density at radius 3 is 2.52 bits per heavy atom. The van der Waals surface area contributed by atoms with Gasteiger partial charge in [-0.15, -0.1) is 0 Å². The van der Waals surface area contributed by atoms with Gasteiger partial charge in [0.05, 0.1) is 29.9 Å². The molecule has 21 heavy (non-hydrogen) atoms. The molecule has 1 saturated carbocycles. The number of fused-ring (bicyclic) bond motifs is 1. The van der Waals surface area contributed by atoms with Crippen LogP contribution in [0.25, 0.3) is 11.3 Å². The van der Waals surface area contributed by atoms with Crippen molar-refractivity contribution in [1.29, 1.82) is 0 Å². The number of aromatic nitrogens is 3. The van der Waals surface area contributed by atoms with Crippen LogP contribution in [0.4, 0.5) is 20.4 Å². The van der Waals surface area contributed by atoms with Gasteiger partial charge in [0, 0.05) is 24.8 Å². The van der Waals surface area contributed by atoms with E-state index in [2.05, 4.69) is 15.0 Å². The molecular formula is C14H13F2N5. The van der Waals surface area contributed by atoms with Gasteiger partial charge in [-0.1, -0.05) is 0 Å². The van der Waals surface area contributed by atoms with Gasteiger partial charge in [0.25, 0.3) is 5.92 Å². The Hall–Kier alpha value is -2.31. The lowest BCUT2D eigenvalue weighted by Gasteiger charge is -2.20. The summed E-state index contributed by atoms with van der Waals surface area (Å²) in [4.78, 5) is 14.4. The minimum Gasteiger partial charge on any atom is -0.382 e. The van der Waals surface area contributed by atoms with E-state index in [1.807, 2.05) is 17.0 Å². The van der Waals surface area contributed by atoms with Crippen molar-refractivity contribution in [3.8, 4) is 11.3 Å². The van der Waals surface area contributed by atoms with E-state index < -0.39 is 17.8 Å². The number of rotatable bonds is 2. The molecule has 3 heterocycles. The molecule has 1 saturated heterocycles. The van der Waals surface area contributed by atoms with Crippen LogP contribution >= 0.6 is 0 Å². The molecule has 0 bridgehead atoms. The summed E-state index contributed by atoms with van der Waals surface area (Å²) in [6.45, 7) is 0.754. The predicted molar refractivity (Wildman–Crippen MR) is 73.8 cm³/mol. The SMILES string of the molecule is Nc1cncc(-c2ccc(N3CC4C(C3)C4(F)F)nc2)n1. The van der Waals surface area contributed by atoms with Crippen molar-refractivity contribution in [2.75, 3.05) is 23.7 Å². The molecule has 2 unspecified atom stereocenters. The first kappa shape index (κ1) is 12.4. The van der Waals surface area contributed by atoms with E-state index >= 15 is 0 Å². The summed E-state index contributed by atoms with van der Waals surface area (Å²) in [7, 11) is 0. The topological polar surface area (TPSA) is 67.9 Å². The average Bonchev–Trinajstić information content (AvgIpc) is 2.86. The van der Waals surface area contributed by atoms with Crippen LogP contribution in [-0.4, -0.2) is 34.0 Å². The van der Waals surface area contributed by atoms with Crippen LogP contribution in [0.5, 0.6) is 0 Å². The smallest absolute Gasteiger partial charge is 0.258 e. The zero-order valence-corrected chi connectivity index (χ0v) is 11.1.